The van der Waals surface area contributed by atoms with Crippen molar-refractivity contribution < 1.29 is 0 Å². The number of fused-ring (bicyclic) bond motifs is 1. The van der Waals surface area contributed by atoms with Crippen LogP contribution >= 0.6 is 0 Å². The van der Waals surface area contributed by atoms with Crippen molar-refractivity contribution in [3.05, 3.63) is 75.3 Å². The lowest BCUT2D eigenvalue weighted by molar-refractivity contribution is 0.590. The molecule has 0 atom stereocenters. The number of para-hydroxylation sites is 1. The maximum Gasteiger partial charge on any atom is 0.251 e. The summed E-state index contributed by atoms with van der Waals surface area (Å²) in [7, 11) is 0. The van der Waals surface area contributed by atoms with Crippen molar-refractivity contribution >= 4 is 10.9 Å². The number of rotatable bonds is 2. The van der Waals surface area contributed by atoms with Gasteiger partial charge in [-0.25, -0.2) is 0 Å². The first-order valence-corrected chi connectivity index (χ1v) is 8.47. The summed E-state index contributed by atoms with van der Waals surface area (Å²) in [6.45, 7) is 12.0. The SMILES string of the molecule is CC.Cc1cc(C)c(=O)[nH]c1C(C)(C)c1ccc2ccccc2n1. The van der Waals surface area contributed by atoms with E-state index >= 15 is 0 Å². The summed E-state index contributed by atoms with van der Waals surface area (Å²) in [5.74, 6) is 0. The van der Waals surface area contributed by atoms with Gasteiger partial charge >= 0.3 is 0 Å². The molecule has 0 bridgehead atoms. The van der Waals surface area contributed by atoms with Gasteiger partial charge in [-0.3, -0.25) is 9.78 Å². The highest BCUT2D eigenvalue weighted by molar-refractivity contribution is 5.78. The summed E-state index contributed by atoms with van der Waals surface area (Å²) in [6.07, 6.45) is 0. The number of aromatic amines is 1. The van der Waals surface area contributed by atoms with Gasteiger partial charge in [0.1, 0.15) is 0 Å². The zero-order valence-electron chi connectivity index (χ0n) is 15.4. The Morgan fingerprint density at radius 1 is 0.958 bits per heavy atom. The summed E-state index contributed by atoms with van der Waals surface area (Å²) in [4.78, 5) is 19.8. The van der Waals surface area contributed by atoms with Crippen molar-refractivity contribution in [1.82, 2.24) is 9.97 Å². The Hall–Kier alpha value is -2.42. The smallest absolute Gasteiger partial charge is 0.251 e. The zero-order chi connectivity index (χ0) is 17.9. The first-order chi connectivity index (χ1) is 11.4. The van der Waals surface area contributed by atoms with Crippen molar-refractivity contribution in [2.75, 3.05) is 0 Å². The van der Waals surface area contributed by atoms with Gasteiger partial charge in [0, 0.05) is 22.1 Å². The van der Waals surface area contributed by atoms with Gasteiger partial charge < -0.3 is 4.98 Å². The van der Waals surface area contributed by atoms with Gasteiger partial charge in [0.2, 0.25) is 0 Å². The summed E-state index contributed by atoms with van der Waals surface area (Å²) in [5.41, 5.74) is 4.27. The van der Waals surface area contributed by atoms with Crippen LogP contribution in [0.25, 0.3) is 10.9 Å². The van der Waals surface area contributed by atoms with Crippen LogP contribution in [0, 0.1) is 13.8 Å². The van der Waals surface area contributed by atoms with Gasteiger partial charge in [-0.1, -0.05) is 38.1 Å². The number of H-pyrrole nitrogens is 1. The average Bonchev–Trinajstić information content (AvgIpc) is 2.59. The van der Waals surface area contributed by atoms with Crippen molar-refractivity contribution in [2.45, 2.75) is 47.0 Å². The van der Waals surface area contributed by atoms with E-state index in [4.69, 9.17) is 4.98 Å². The van der Waals surface area contributed by atoms with Crippen LogP contribution in [0.15, 0.2) is 47.3 Å². The Morgan fingerprint density at radius 2 is 1.62 bits per heavy atom. The van der Waals surface area contributed by atoms with Gasteiger partial charge in [0.25, 0.3) is 5.56 Å². The molecular weight excluding hydrogens is 296 g/mol. The van der Waals surface area contributed by atoms with E-state index in [0.29, 0.717) is 0 Å². The largest absolute Gasteiger partial charge is 0.325 e. The third kappa shape index (κ3) is 3.25. The third-order valence-corrected chi connectivity index (χ3v) is 4.29. The molecule has 2 aromatic heterocycles. The Balaban J connectivity index is 0.00000100. The van der Waals surface area contributed by atoms with Crippen LogP contribution in [0.1, 0.15) is 50.2 Å². The van der Waals surface area contributed by atoms with Crippen molar-refractivity contribution in [3.63, 3.8) is 0 Å². The highest BCUT2D eigenvalue weighted by Crippen LogP contribution is 2.31. The Morgan fingerprint density at radius 3 is 2.33 bits per heavy atom. The highest BCUT2D eigenvalue weighted by Gasteiger charge is 2.28. The van der Waals surface area contributed by atoms with Crippen molar-refractivity contribution in [2.24, 2.45) is 0 Å². The van der Waals surface area contributed by atoms with Crippen LogP contribution in [0.3, 0.4) is 0 Å². The first kappa shape index (κ1) is 17.9. The molecule has 3 aromatic rings. The predicted octanol–water partition coefficient (Wildman–Crippen LogP) is 4.89. The van der Waals surface area contributed by atoms with Gasteiger partial charge in [0.05, 0.1) is 11.2 Å². The van der Waals surface area contributed by atoms with Gasteiger partial charge in [0.15, 0.2) is 0 Å². The van der Waals surface area contributed by atoms with Crippen LogP contribution < -0.4 is 5.56 Å². The molecule has 0 spiro atoms. The third-order valence-electron chi connectivity index (χ3n) is 4.29. The van der Waals surface area contributed by atoms with Crippen LogP contribution in [-0.4, -0.2) is 9.97 Å². The van der Waals surface area contributed by atoms with Crippen LogP contribution in [0.5, 0.6) is 0 Å². The quantitative estimate of drug-likeness (QED) is 0.730. The molecule has 3 nitrogen and oxygen atoms in total. The van der Waals surface area contributed by atoms with Gasteiger partial charge in [-0.2, -0.15) is 0 Å². The molecule has 1 aromatic carbocycles. The minimum atomic E-state index is -0.360. The van der Waals surface area contributed by atoms with Gasteiger partial charge in [-0.05, 0) is 51.5 Å². The van der Waals surface area contributed by atoms with E-state index in [9.17, 15) is 4.79 Å². The van der Waals surface area contributed by atoms with E-state index in [0.717, 1.165) is 33.4 Å². The number of aryl methyl sites for hydroxylation is 2. The lowest BCUT2D eigenvalue weighted by atomic mass is 9.82. The number of benzene rings is 1. The Kier molecular flexibility index (Phi) is 5.23. The lowest BCUT2D eigenvalue weighted by Gasteiger charge is -2.26. The second kappa shape index (κ2) is 7.00. The van der Waals surface area contributed by atoms with E-state index in [2.05, 4.69) is 31.0 Å². The molecule has 2 heterocycles. The molecule has 24 heavy (non-hydrogen) atoms. The van der Waals surface area contributed by atoms with Crippen molar-refractivity contribution in [3.8, 4) is 0 Å². The molecule has 0 radical (unpaired) electrons. The molecule has 0 saturated heterocycles. The summed E-state index contributed by atoms with van der Waals surface area (Å²) in [6, 6.07) is 14.1. The summed E-state index contributed by atoms with van der Waals surface area (Å²) in [5, 5.41) is 1.12. The fourth-order valence-electron chi connectivity index (χ4n) is 2.96. The van der Waals surface area contributed by atoms with E-state index in [1.54, 1.807) is 0 Å². The number of hydrogen-bond donors (Lipinski definition) is 1. The summed E-state index contributed by atoms with van der Waals surface area (Å²) >= 11 is 0. The zero-order valence-corrected chi connectivity index (χ0v) is 15.4. The van der Waals surface area contributed by atoms with Gasteiger partial charge in [-0.15, -0.1) is 0 Å². The minimum absolute atomic E-state index is 0.0329. The number of nitrogens with one attached hydrogen (secondary N) is 1. The topological polar surface area (TPSA) is 45.8 Å². The number of aromatic nitrogens is 2. The average molecular weight is 322 g/mol. The first-order valence-electron chi connectivity index (χ1n) is 8.47. The van der Waals surface area contributed by atoms with E-state index < -0.39 is 0 Å². The fraction of sp³-hybridized carbons (Fsp3) is 0.333. The van der Waals surface area contributed by atoms with E-state index in [1.165, 1.54) is 0 Å². The molecule has 0 aliphatic carbocycles. The molecule has 1 N–H and O–H groups in total. The second-order valence-corrected chi connectivity index (χ2v) is 6.35. The molecule has 0 aliphatic heterocycles. The molecule has 3 heteroatoms. The van der Waals surface area contributed by atoms with Crippen LogP contribution in [-0.2, 0) is 5.41 Å². The lowest BCUT2D eigenvalue weighted by Crippen LogP contribution is -2.27. The highest BCUT2D eigenvalue weighted by atomic mass is 16.1. The predicted molar refractivity (Wildman–Crippen MR) is 102 cm³/mol. The summed E-state index contributed by atoms with van der Waals surface area (Å²) < 4.78 is 0. The number of hydrogen-bond acceptors (Lipinski definition) is 2. The molecule has 0 amide bonds. The molecule has 0 unspecified atom stereocenters. The Bertz CT molecular complexity index is 907. The molecular formula is C21H26N2O. The number of nitrogens with zero attached hydrogens (tertiary/aromatic N) is 1. The molecule has 0 aliphatic rings. The fourth-order valence-corrected chi connectivity index (χ4v) is 2.96. The molecule has 126 valence electrons. The molecule has 0 saturated carbocycles. The maximum absolute atomic E-state index is 12.0. The van der Waals surface area contributed by atoms with E-state index in [-0.39, 0.29) is 11.0 Å². The normalized spacial score (nSPS) is 11.1. The number of pyridine rings is 2. The maximum atomic E-state index is 12.0. The van der Waals surface area contributed by atoms with Crippen LogP contribution in [0.2, 0.25) is 0 Å². The molecule has 0 fully saturated rings. The Labute approximate surface area is 143 Å². The second-order valence-electron chi connectivity index (χ2n) is 6.35. The standard InChI is InChI=1S/C19H20N2O.C2H6/c1-12-11-13(2)18(22)21-17(12)19(3,4)16-10-9-14-7-5-6-8-15(14)20-16;1-2/h5-11H,1-4H3,(H,21,22);1-2H3. The minimum Gasteiger partial charge on any atom is -0.325 e. The van der Waals surface area contributed by atoms with Crippen molar-refractivity contribution in [1.29, 1.82) is 0 Å². The monoisotopic (exact) mass is 322 g/mol. The molecule has 3 rings (SSSR count). The van der Waals surface area contributed by atoms with Crippen LogP contribution in [0.4, 0.5) is 0 Å². The van der Waals surface area contributed by atoms with E-state index in [1.807, 2.05) is 58.0 Å².